The summed E-state index contributed by atoms with van der Waals surface area (Å²) in [6.07, 6.45) is 3.55. The van der Waals surface area contributed by atoms with E-state index in [2.05, 4.69) is 10.2 Å². The highest BCUT2D eigenvalue weighted by molar-refractivity contribution is 5.81. The molecular weight excluding hydrogens is 469 g/mol. The normalized spacial score (nSPS) is 18.5. The maximum absolute atomic E-state index is 14.2. The van der Waals surface area contributed by atoms with Gasteiger partial charge in [0.05, 0.1) is 6.04 Å². The van der Waals surface area contributed by atoms with Crippen molar-refractivity contribution in [3.8, 4) is 5.75 Å². The zero-order valence-electron chi connectivity index (χ0n) is 22.3. The number of hydrogen-bond donors (Lipinski definition) is 1. The van der Waals surface area contributed by atoms with Crippen LogP contribution in [0.15, 0.2) is 42.5 Å². The maximum Gasteiger partial charge on any atom is 0.261 e. The fourth-order valence-electron chi connectivity index (χ4n) is 5.38. The number of benzene rings is 2. The molecule has 1 fully saturated rings. The standard InChI is InChI=1S/C30H40FN3O3/c1-4-27(30(36)32-13-17-33-14-5-6-15-33)37-25-11-10-22-12-16-34(28(35)18-21(2)3)29(26(22)20-25)23-8-7-9-24(31)19-23/h7-11,19-21,27,29H,4-6,12-18H2,1-3H3,(H,32,36)/t27-,29+/m0/s1. The van der Waals surface area contributed by atoms with Crippen molar-refractivity contribution in [2.45, 2.75) is 65.0 Å². The van der Waals surface area contributed by atoms with Crippen molar-refractivity contribution in [3.05, 3.63) is 65.0 Å². The van der Waals surface area contributed by atoms with Crippen molar-refractivity contribution in [1.29, 1.82) is 0 Å². The number of nitrogens with one attached hydrogen (secondary N) is 1. The third kappa shape index (κ3) is 6.89. The second-order valence-corrected chi connectivity index (χ2v) is 10.6. The highest BCUT2D eigenvalue weighted by atomic mass is 19.1. The van der Waals surface area contributed by atoms with Crippen LogP contribution in [0.25, 0.3) is 0 Å². The summed E-state index contributed by atoms with van der Waals surface area (Å²) in [6, 6.07) is 11.9. The topological polar surface area (TPSA) is 61.9 Å². The van der Waals surface area contributed by atoms with Crippen molar-refractivity contribution in [2.75, 3.05) is 32.7 Å². The van der Waals surface area contributed by atoms with E-state index >= 15 is 0 Å². The summed E-state index contributed by atoms with van der Waals surface area (Å²) in [4.78, 5) is 30.3. The lowest BCUT2D eigenvalue weighted by Crippen LogP contribution is -2.42. The Morgan fingerprint density at radius 2 is 1.89 bits per heavy atom. The van der Waals surface area contributed by atoms with Gasteiger partial charge in [-0.05, 0) is 85.6 Å². The minimum Gasteiger partial charge on any atom is -0.481 e. The Morgan fingerprint density at radius 1 is 1.11 bits per heavy atom. The second-order valence-electron chi connectivity index (χ2n) is 10.6. The van der Waals surface area contributed by atoms with Gasteiger partial charge in [0.1, 0.15) is 11.6 Å². The molecule has 2 aliphatic heterocycles. The monoisotopic (exact) mass is 509 g/mol. The van der Waals surface area contributed by atoms with Gasteiger partial charge in [-0.15, -0.1) is 0 Å². The van der Waals surface area contributed by atoms with Crippen molar-refractivity contribution in [2.24, 2.45) is 5.92 Å². The lowest BCUT2D eigenvalue weighted by atomic mass is 9.87. The molecule has 6 nitrogen and oxygen atoms in total. The number of likely N-dealkylation sites (tertiary alicyclic amines) is 1. The van der Waals surface area contributed by atoms with E-state index in [0.29, 0.717) is 31.7 Å². The van der Waals surface area contributed by atoms with Crippen molar-refractivity contribution >= 4 is 11.8 Å². The fraction of sp³-hybridized carbons (Fsp3) is 0.533. The number of ether oxygens (including phenoxy) is 1. The quantitative estimate of drug-likeness (QED) is 0.504. The minimum atomic E-state index is -0.605. The van der Waals surface area contributed by atoms with Crippen LogP contribution < -0.4 is 10.1 Å². The van der Waals surface area contributed by atoms with Crippen LogP contribution in [-0.2, 0) is 16.0 Å². The van der Waals surface area contributed by atoms with Gasteiger partial charge in [-0.25, -0.2) is 4.39 Å². The van der Waals surface area contributed by atoms with Gasteiger partial charge in [0.2, 0.25) is 5.91 Å². The van der Waals surface area contributed by atoms with Crippen LogP contribution in [0, 0.1) is 11.7 Å². The van der Waals surface area contributed by atoms with Gasteiger partial charge in [0, 0.05) is 26.1 Å². The van der Waals surface area contributed by atoms with Gasteiger partial charge in [0.15, 0.2) is 6.10 Å². The summed E-state index contributed by atoms with van der Waals surface area (Å²) in [6.45, 7) is 10.2. The third-order valence-corrected chi connectivity index (χ3v) is 7.28. The molecule has 0 bridgehead atoms. The molecule has 0 saturated carbocycles. The highest BCUT2D eigenvalue weighted by Crippen LogP contribution is 2.38. The molecule has 0 radical (unpaired) electrons. The van der Waals surface area contributed by atoms with E-state index < -0.39 is 12.1 Å². The zero-order valence-corrected chi connectivity index (χ0v) is 22.3. The predicted molar refractivity (Wildman–Crippen MR) is 143 cm³/mol. The molecule has 0 spiro atoms. The first-order valence-electron chi connectivity index (χ1n) is 13.7. The van der Waals surface area contributed by atoms with Gasteiger partial charge >= 0.3 is 0 Å². The summed E-state index contributed by atoms with van der Waals surface area (Å²) in [5, 5.41) is 3.02. The molecule has 0 unspecified atom stereocenters. The Bertz CT molecular complexity index is 1080. The molecule has 7 heteroatoms. The summed E-state index contributed by atoms with van der Waals surface area (Å²) in [5.74, 6) is 0.427. The average molecular weight is 510 g/mol. The van der Waals surface area contributed by atoms with Gasteiger partial charge in [0.25, 0.3) is 5.91 Å². The Labute approximate surface area is 220 Å². The van der Waals surface area contributed by atoms with Gasteiger partial charge in [-0.3, -0.25) is 9.59 Å². The van der Waals surface area contributed by atoms with Crippen LogP contribution in [-0.4, -0.2) is 60.4 Å². The number of carbonyl (C=O) groups is 2. The first-order chi connectivity index (χ1) is 17.9. The largest absolute Gasteiger partial charge is 0.481 e. The molecule has 1 N–H and O–H groups in total. The first kappa shape index (κ1) is 27.1. The smallest absolute Gasteiger partial charge is 0.261 e. The Balaban J connectivity index is 1.54. The van der Waals surface area contributed by atoms with Crippen molar-refractivity contribution < 1.29 is 18.7 Å². The minimum absolute atomic E-state index is 0.0602. The number of fused-ring (bicyclic) bond motifs is 1. The SMILES string of the molecule is CC[C@H](Oc1ccc2c(c1)[C@@H](c1cccc(F)c1)N(C(=O)CC(C)C)CC2)C(=O)NCCN1CCCC1. The number of hydrogen-bond acceptors (Lipinski definition) is 4. The fourth-order valence-corrected chi connectivity index (χ4v) is 5.38. The molecule has 4 rings (SSSR count). The lowest BCUT2D eigenvalue weighted by molar-refractivity contribution is -0.134. The predicted octanol–water partition coefficient (Wildman–Crippen LogP) is 4.72. The molecule has 2 heterocycles. The average Bonchev–Trinajstić information content (AvgIpc) is 3.39. The van der Waals surface area contributed by atoms with Crippen LogP contribution in [0.5, 0.6) is 5.75 Å². The molecule has 2 aromatic carbocycles. The van der Waals surface area contributed by atoms with E-state index in [1.165, 1.54) is 25.0 Å². The number of halogens is 1. The molecule has 37 heavy (non-hydrogen) atoms. The Morgan fingerprint density at radius 3 is 2.59 bits per heavy atom. The summed E-state index contributed by atoms with van der Waals surface area (Å²) >= 11 is 0. The number of rotatable bonds is 10. The molecule has 2 aromatic rings. The Hall–Kier alpha value is -2.93. The maximum atomic E-state index is 14.2. The van der Waals surface area contributed by atoms with Crippen LogP contribution in [0.2, 0.25) is 0 Å². The second kappa shape index (κ2) is 12.5. The van der Waals surface area contributed by atoms with Gasteiger partial charge in [-0.2, -0.15) is 0 Å². The molecule has 2 amide bonds. The molecule has 1 saturated heterocycles. The van der Waals surface area contributed by atoms with Crippen LogP contribution in [0.1, 0.15) is 69.2 Å². The van der Waals surface area contributed by atoms with Crippen LogP contribution in [0.4, 0.5) is 4.39 Å². The first-order valence-corrected chi connectivity index (χ1v) is 13.7. The highest BCUT2D eigenvalue weighted by Gasteiger charge is 2.33. The third-order valence-electron chi connectivity index (χ3n) is 7.28. The molecule has 2 aliphatic rings. The van der Waals surface area contributed by atoms with Crippen LogP contribution >= 0.6 is 0 Å². The van der Waals surface area contributed by atoms with E-state index in [-0.39, 0.29) is 23.5 Å². The molecule has 200 valence electrons. The van der Waals surface area contributed by atoms with Crippen molar-refractivity contribution in [3.63, 3.8) is 0 Å². The number of nitrogens with zero attached hydrogens (tertiary/aromatic N) is 2. The van der Waals surface area contributed by atoms with Gasteiger partial charge in [-0.1, -0.05) is 39.0 Å². The summed E-state index contributed by atoms with van der Waals surface area (Å²) in [5.41, 5.74) is 2.77. The Kier molecular flexibility index (Phi) is 9.19. The van der Waals surface area contributed by atoms with Gasteiger partial charge < -0.3 is 19.9 Å². The van der Waals surface area contributed by atoms with E-state index in [0.717, 1.165) is 42.7 Å². The van der Waals surface area contributed by atoms with E-state index in [1.807, 2.05) is 49.9 Å². The molecule has 2 atom stereocenters. The summed E-state index contributed by atoms with van der Waals surface area (Å²) < 4.78 is 20.4. The zero-order chi connectivity index (χ0) is 26.4. The van der Waals surface area contributed by atoms with Crippen LogP contribution in [0.3, 0.4) is 0 Å². The lowest BCUT2D eigenvalue weighted by Gasteiger charge is -2.38. The molecular formula is C30H40FN3O3. The molecule has 0 aromatic heterocycles. The summed E-state index contributed by atoms with van der Waals surface area (Å²) in [7, 11) is 0. The number of carbonyl (C=O) groups excluding carboxylic acids is 2. The van der Waals surface area contributed by atoms with E-state index in [4.69, 9.17) is 4.74 Å². The number of amides is 2. The van der Waals surface area contributed by atoms with E-state index in [9.17, 15) is 14.0 Å². The van der Waals surface area contributed by atoms with E-state index in [1.54, 1.807) is 6.07 Å². The molecule has 0 aliphatic carbocycles. The van der Waals surface area contributed by atoms with Crippen molar-refractivity contribution in [1.82, 2.24) is 15.1 Å².